The van der Waals surface area contributed by atoms with Gasteiger partial charge in [0.05, 0.1) is 6.54 Å². The van der Waals surface area contributed by atoms with Crippen molar-refractivity contribution in [1.29, 1.82) is 0 Å². The van der Waals surface area contributed by atoms with Crippen molar-refractivity contribution in [2.75, 3.05) is 5.73 Å². The molecule has 0 unspecified atom stereocenters. The van der Waals surface area contributed by atoms with E-state index in [1.165, 1.54) is 16.8 Å². The van der Waals surface area contributed by atoms with E-state index < -0.39 is 11.6 Å². The Morgan fingerprint density at radius 3 is 2.80 bits per heavy atom. The predicted molar refractivity (Wildman–Crippen MR) is 47.7 cm³/mol. The number of benzene rings is 1. The van der Waals surface area contributed by atoms with Gasteiger partial charge in [-0.3, -0.25) is 0 Å². The number of aromatic nitrogens is 4. The lowest BCUT2D eigenvalue weighted by atomic mass is 10.2. The molecule has 0 atom stereocenters. The highest BCUT2D eigenvalue weighted by Gasteiger charge is 2.10. The third-order valence-electron chi connectivity index (χ3n) is 1.91. The number of hydrogen-bond donors (Lipinski definition) is 1. The highest BCUT2D eigenvalue weighted by Crippen LogP contribution is 2.12. The smallest absolute Gasteiger partial charge is 0.240 e. The van der Waals surface area contributed by atoms with Gasteiger partial charge in [0.25, 0.3) is 0 Å². The molecule has 2 rings (SSSR count). The number of anilines is 1. The minimum absolute atomic E-state index is 0.00241. The molecule has 0 saturated carbocycles. The van der Waals surface area contributed by atoms with Crippen LogP contribution in [-0.4, -0.2) is 20.2 Å². The molecule has 0 fully saturated rings. The van der Waals surface area contributed by atoms with Crippen molar-refractivity contribution in [2.24, 2.45) is 0 Å². The van der Waals surface area contributed by atoms with Crippen LogP contribution in [0.3, 0.4) is 0 Å². The van der Waals surface area contributed by atoms with Gasteiger partial charge in [-0.1, -0.05) is 17.2 Å². The van der Waals surface area contributed by atoms with Gasteiger partial charge in [0, 0.05) is 5.56 Å². The van der Waals surface area contributed by atoms with Crippen molar-refractivity contribution in [2.45, 2.75) is 6.54 Å². The molecule has 5 nitrogen and oxygen atoms in total. The Labute approximate surface area is 83.5 Å². The number of rotatable bonds is 2. The van der Waals surface area contributed by atoms with Gasteiger partial charge >= 0.3 is 0 Å². The van der Waals surface area contributed by atoms with Gasteiger partial charge in [-0.25, -0.2) is 13.5 Å². The van der Waals surface area contributed by atoms with Crippen LogP contribution in [0.4, 0.5) is 14.7 Å². The fraction of sp³-hybridized carbons (Fsp3) is 0.125. The summed E-state index contributed by atoms with van der Waals surface area (Å²) in [5.74, 6) is -1.76. The summed E-state index contributed by atoms with van der Waals surface area (Å²) in [4.78, 5) is 0. The molecule has 0 bridgehead atoms. The molecule has 2 N–H and O–H groups in total. The van der Waals surface area contributed by atoms with Crippen LogP contribution in [0.1, 0.15) is 5.56 Å². The molecule has 1 aromatic carbocycles. The molecule has 78 valence electrons. The van der Waals surface area contributed by atoms with E-state index in [1.807, 2.05) is 0 Å². The second-order valence-corrected chi connectivity index (χ2v) is 2.91. The van der Waals surface area contributed by atoms with E-state index in [0.717, 1.165) is 6.07 Å². The number of tetrazole rings is 1. The minimum Gasteiger partial charge on any atom is -0.367 e. The zero-order chi connectivity index (χ0) is 10.8. The van der Waals surface area contributed by atoms with Gasteiger partial charge in [0.2, 0.25) is 5.95 Å². The highest BCUT2D eigenvalue weighted by atomic mass is 19.2. The molecule has 7 heteroatoms. The first kappa shape index (κ1) is 9.50. The molecule has 0 saturated heterocycles. The van der Waals surface area contributed by atoms with Gasteiger partial charge in [-0.05, 0) is 16.5 Å². The maximum absolute atomic E-state index is 13.2. The first-order valence-electron chi connectivity index (χ1n) is 4.13. The third kappa shape index (κ3) is 1.76. The van der Waals surface area contributed by atoms with Crippen molar-refractivity contribution in [1.82, 2.24) is 20.2 Å². The number of nitrogens with zero attached hydrogens (tertiary/aromatic N) is 4. The van der Waals surface area contributed by atoms with Gasteiger partial charge in [-0.2, -0.15) is 0 Å². The first-order valence-corrected chi connectivity index (χ1v) is 4.13. The Morgan fingerprint density at radius 2 is 2.13 bits per heavy atom. The SMILES string of the molecule is Nc1nnnn1Cc1cccc(F)c1F. The van der Waals surface area contributed by atoms with Gasteiger partial charge in [0.15, 0.2) is 11.6 Å². The Morgan fingerprint density at radius 1 is 1.33 bits per heavy atom. The molecule has 0 aliphatic rings. The zero-order valence-corrected chi connectivity index (χ0v) is 7.56. The van der Waals surface area contributed by atoms with E-state index in [-0.39, 0.29) is 18.1 Å². The summed E-state index contributed by atoms with van der Waals surface area (Å²) in [6.45, 7) is 0.00241. The number of hydrogen-bond acceptors (Lipinski definition) is 4. The van der Waals surface area contributed by atoms with E-state index in [0.29, 0.717) is 0 Å². The predicted octanol–water partition coefficient (Wildman–Crippen LogP) is 0.582. The summed E-state index contributed by atoms with van der Waals surface area (Å²) in [6.07, 6.45) is 0. The van der Waals surface area contributed by atoms with E-state index >= 15 is 0 Å². The highest BCUT2D eigenvalue weighted by molar-refractivity contribution is 5.21. The Kier molecular flexibility index (Phi) is 2.28. The topological polar surface area (TPSA) is 69.6 Å². The average Bonchev–Trinajstić information content (AvgIpc) is 2.60. The summed E-state index contributed by atoms with van der Waals surface area (Å²) in [5.41, 5.74) is 5.53. The summed E-state index contributed by atoms with van der Waals surface area (Å²) in [6, 6.07) is 3.90. The second-order valence-electron chi connectivity index (χ2n) is 2.91. The lowest BCUT2D eigenvalue weighted by Crippen LogP contribution is -2.08. The van der Waals surface area contributed by atoms with Crippen molar-refractivity contribution in [3.63, 3.8) is 0 Å². The average molecular weight is 211 g/mol. The van der Waals surface area contributed by atoms with Crippen LogP contribution in [0.15, 0.2) is 18.2 Å². The standard InChI is InChI=1S/C8H7F2N5/c9-6-3-1-2-5(7(6)10)4-15-8(11)12-13-14-15/h1-3H,4H2,(H2,11,12,14). The summed E-state index contributed by atoms with van der Waals surface area (Å²) in [7, 11) is 0. The zero-order valence-electron chi connectivity index (χ0n) is 7.56. The molecule has 1 heterocycles. The fourth-order valence-corrected chi connectivity index (χ4v) is 1.16. The quantitative estimate of drug-likeness (QED) is 0.788. The largest absolute Gasteiger partial charge is 0.367 e. The molecule has 2 aromatic rings. The Hall–Kier alpha value is -2.05. The third-order valence-corrected chi connectivity index (χ3v) is 1.91. The normalized spacial score (nSPS) is 10.5. The van der Waals surface area contributed by atoms with Crippen LogP contribution in [0.25, 0.3) is 0 Å². The second kappa shape index (κ2) is 3.60. The molecular formula is C8H7F2N5. The van der Waals surface area contributed by atoms with E-state index in [4.69, 9.17) is 5.73 Å². The molecular weight excluding hydrogens is 204 g/mol. The van der Waals surface area contributed by atoms with E-state index in [9.17, 15) is 8.78 Å². The number of nitrogens with two attached hydrogens (primary N) is 1. The van der Waals surface area contributed by atoms with Gasteiger partial charge in [0.1, 0.15) is 0 Å². The van der Waals surface area contributed by atoms with Crippen molar-refractivity contribution in [3.8, 4) is 0 Å². The lowest BCUT2D eigenvalue weighted by molar-refractivity contribution is 0.491. The van der Waals surface area contributed by atoms with E-state index in [1.54, 1.807) is 0 Å². The number of nitrogen functional groups attached to an aromatic ring is 1. The molecule has 0 aliphatic carbocycles. The first-order chi connectivity index (χ1) is 7.18. The summed E-state index contributed by atoms with van der Waals surface area (Å²) < 4.78 is 27.2. The van der Waals surface area contributed by atoms with Gasteiger partial charge in [-0.15, -0.1) is 0 Å². The van der Waals surface area contributed by atoms with Crippen molar-refractivity contribution in [3.05, 3.63) is 35.4 Å². The molecule has 0 amide bonds. The van der Waals surface area contributed by atoms with Gasteiger partial charge < -0.3 is 5.73 Å². The van der Waals surface area contributed by atoms with Crippen LogP contribution < -0.4 is 5.73 Å². The van der Waals surface area contributed by atoms with Crippen LogP contribution in [0.2, 0.25) is 0 Å². The monoisotopic (exact) mass is 211 g/mol. The summed E-state index contributed by atoms with van der Waals surface area (Å²) >= 11 is 0. The molecule has 1 aromatic heterocycles. The lowest BCUT2D eigenvalue weighted by Gasteiger charge is -2.03. The Bertz CT molecular complexity index is 482. The molecule has 0 radical (unpaired) electrons. The van der Waals surface area contributed by atoms with Crippen molar-refractivity contribution < 1.29 is 8.78 Å². The van der Waals surface area contributed by atoms with Crippen LogP contribution >= 0.6 is 0 Å². The summed E-state index contributed by atoms with van der Waals surface area (Å²) in [5, 5.41) is 10.2. The van der Waals surface area contributed by atoms with Crippen LogP contribution in [-0.2, 0) is 6.54 Å². The number of halogens is 2. The van der Waals surface area contributed by atoms with Crippen molar-refractivity contribution >= 4 is 5.95 Å². The Balaban J connectivity index is 2.33. The molecule has 0 aliphatic heterocycles. The maximum atomic E-state index is 13.2. The van der Waals surface area contributed by atoms with E-state index in [2.05, 4.69) is 15.5 Å². The molecule has 15 heavy (non-hydrogen) atoms. The van der Waals surface area contributed by atoms with Crippen LogP contribution in [0.5, 0.6) is 0 Å². The fourth-order valence-electron chi connectivity index (χ4n) is 1.16. The maximum Gasteiger partial charge on any atom is 0.240 e. The van der Waals surface area contributed by atoms with Crippen LogP contribution in [0, 0.1) is 11.6 Å². The minimum atomic E-state index is -0.910. The molecule has 0 spiro atoms.